The molecule has 0 aliphatic heterocycles. The predicted octanol–water partition coefficient (Wildman–Crippen LogP) is -0.422. The number of nitrogens with zero attached hydrogens (tertiary/aromatic N) is 1. The average molecular weight is 187 g/mol. The summed E-state index contributed by atoms with van der Waals surface area (Å²) in [6.07, 6.45) is 1.11. The predicted molar refractivity (Wildman–Crippen MR) is 41.6 cm³/mol. The lowest BCUT2D eigenvalue weighted by Gasteiger charge is -2.05. The molecule has 13 heavy (non-hydrogen) atoms. The Labute approximate surface area is 73.9 Å². The van der Waals surface area contributed by atoms with Gasteiger partial charge in [-0.1, -0.05) is 0 Å². The minimum atomic E-state index is -1.99. The Morgan fingerprint density at radius 3 is 2.69 bits per heavy atom. The minimum Gasteiger partial charge on any atom is -0.511 e. The molecule has 0 fully saturated rings. The number of pyridine rings is 1. The number of methoxy groups -OCH3 is 1. The number of ether oxygens (including phenoxy) is 1. The van der Waals surface area contributed by atoms with E-state index in [4.69, 9.17) is 10.0 Å². The van der Waals surface area contributed by atoms with Crippen LogP contribution in [-0.4, -0.2) is 29.5 Å². The van der Waals surface area contributed by atoms with Crippen molar-refractivity contribution in [3.8, 4) is 11.6 Å². The first-order chi connectivity index (χ1) is 6.13. The van der Waals surface area contributed by atoms with Gasteiger partial charge in [-0.25, -0.2) is 9.37 Å². The second-order valence-corrected chi connectivity index (χ2v) is 2.11. The molecule has 1 rings (SSSR count). The van der Waals surface area contributed by atoms with Crippen LogP contribution >= 0.6 is 0 Å². The first kappa shape index (κ1) is 9.75. The molecule has 0 bridgehead atoms. The summed E-state index contributed by atoms with van der Waals surface area (Å²) in [6, 6.07) is 0.936. The maximum absolute atomic E-state index is 12.9. The molecule has 5 nitrogen and oxygen atoms in total. The van der Waals surface area contributed by atoms with Crippen molar-refractivity contribution in [3.05, 3.63) is 18.1 Å². The van der Waals surface area contributed by atoms with Crippen molar-refractivity contribution in [2.45, 2.75) is 0 Å². The lowest BCUT2D eigenvalue weighted by Crippen LogP contribution is -2.20. The molecule has 0 saturated heterocycles. The molecule has 0 radical (unpaired) electrons. The smallest absolute Gasteiger partial charge is 0.511 e. The zero-order chi connectivity index (χ0) is 9.84. The number of aromatic nitrogens is 1. The molecule has 2 N–H and O–H groups in total. The zero-order valence-electron chi connectivity index (χ0n) is 6.77. The summed E-state index contributed by atoms with van der Waals surface area (Å²) >= 11 is 0. The molecule has 0 spiro atoms. The van der Waals surface area contributed by atoms with E-state index in [1.807, 2.05) is 0 Å². The summed E-state index contributed by atoms with van der Waals surface area (Å²) in [5.41, 5.74) is 0. The lowest BCUT2D eigenvalue weighted by molar-refractivity contribution is 0.285. The Hall–Kier alpha value is -1.34. The fourth-order valence-corrected chi connectivity index (χ4v) is 0.744. The molecule has 0 atom stereocenters. The van der Waals surface area contributed by atoms with E-state index < -0.39 is 13.1 Å². The van der Waals surface area contributed by atoms with Crippen LogP contribution in [0, 0.1) is 5.82 Å². The van der Waals surface area contributed by atoms with Gasteiger partial charge >= 0.3 is 7.32 Å². The van der Waals surface area contributed by atoms with Crippen molar-refractivity contribution < 1.29 is 23.8 Å². The summed E-state index contributed by atoms with van der Waals surface area (Å²) < 4.78 is 21.8. The van der Waals surface area contributed by atoms with Crippen LogP contribution in [-0.2, 0) is 0 Å². The average Bonchev–Trinajstić information content (AvgIpc) is 2.03. The highest BCUT2D eigenvalue weighted by Gasteiger charge is 2.13. The van der Waals surface area contributed by atoms with Gasteiger partial charge in [0.05, 0.1) is 13.3 Å². The number of rotatable bonds is 3. The van der Waals surface area contributed by atoms with Crippen molar-refractivity contribution in [2.24, 2.45) is 0 Å². The van der Waals surface area contributed by atoms with Crippen molar-refractivity contribution >= 4 is 7.32 Å². The fourth-order valence-electron chi connectivity index (χ4n) is 0.744. The SMILES string of the molecule is COc1ncc(OB(O)O)cc1F. The van der Waals surface area contributed by atoms with Crippen molar-refractivity contribution in [3.63, 3.8) is 0 Å². The monoisotopic (exact) mass is 187 g/mol. The summed E-state index contributed by atoms with van der Waals surface area (Å²) in [7, 11) is -0.720. The largest absolute Gasteiger partial charge is 0.707 e. The molecule has 7 heteroatoms. The summed E-state index contributed by atoms with van der Waals surface area (Å²) in [5.74, 6) is -1.01. The van der Waals surface area contributed by atoms with Gasteiger partial charge in [-0.05, 0) is 0 Å². The van der Waals surface area contributed by atoms with Crippen LogP contribution in [0.1, 0.15) is 0 Å². The molecule has 0 aliphatic rings. The normalized spacial score (nSPS) is 9.54. The molecule has 70 valence electrons. The molecule has 0 unspecified atom stereocenters. The van der Waals surface area contributed by atoms with E-state index in [1.165, 1.54) is 7.11 Å². The Morgan fingerprint density at radius 1 is 1.54 bits per heavy atom. The highest BCUT2D eigenvalue weighted by atomic mass is 19.1. The summed E-state index contributed by atoms with van der Waals surface area (Å²) in [6.45, 7) is 0. The van der Waals surface area contributed by atoms with E-state index in [0.717, 1.165) is 12.3 Å². The van der Waals surface area contributed by atoms with Crippen molar-refractivity contribution in [1.29, 1.82) is 0 Å². The van der Waals surface area contributed by atoms with Crippen LogP contribution in [0.15, 0.2) is 12.3 Å². The van der Waals surface area contributed by atoms with Crippen LogP contribution in [0.2, 0.25) is 0 Å². The Balaban J connectivity index is 2.83. The maximum atomic E-state index is 12.9. The first-order valence-corrected chi connectivity index (χ1v) is 3.36. The van der Waals surface area contributed by atoms with E-state index in [9.17, 15) is 4.39 Å². The standard InChI is InChI=1S/C6H7BFNO4/c1-12-6-5(8)2-4(3-9-6)13-7(10)11/h2-3,10-11H,1H3. The first-order valence-electron chi connectivity index (χ1n) is 3.36. The molecule has 0 aromatic carbocycles. The van der Waals surface area contributed by atoms with Gasteiger partial charge in [-0.2, -0.15) is 0 Å². The third kappa shape index (κ3) is 2.57. The molecule has 1 aromatic rings. The van der Waals surface area contributed by atoms with Crippen LogP contribution < -0.4 is 9.39 Å². The highest BCUT2D eigenvalue weighted by Crippen LogP contribution is 2.18. The van der Waals surface area contributed by atoms with Gasteiger partial charge in [0.2, 0.25) is 5.88 Å². The van der Waals surface area contributed by atoms with E-state index in [1.54, 1.807) is 0 Å². The van der Waals surface area contributed by atoms with Crippen molar-refractivity contribution in [1.82, 2.24) is 4.98 Å². The van der Waals surface area contributed by atoms with Crippen molar-refractivity contribution in [2.75, 3.05) is 7.11 Å². The second kappa shape index (κ2) is 4.06. The minimum absolute atomic E-state index is 0.0895. The fraction of sp³-hybridized carbons (Fsp3) is 0.167. The van der Waals surface area contributed by atoms with Gasteiger partial charge in [-0.15, -0.1) is 0 Å². The third-order valence-electron chi connectivity index (χ3n) is 1.22. The van der Waals surface area contributed by atoms with Gasteiger partial charge < -0.3 is 19.4 Å². The third-order valence-corrected chi connectivity index (χ3v) is 1.22. The van der Waals surface area contributed by atoms with Crippen LogP contribution in [0.4, 0.5) is 4.39 Å². The Kier molecular flexibility index (Phi) is 3.05. The molecular weight excluding hydrogens is 180 g/mol. The molecule has 1 aromatic heterocycles. The molecular formula is C6H7BFNO4. The van der Waals surface area contributed by atoms with E-state index in [-0.39, 0.29) is 11.6 Å². The Bertz CT molecular complexity index is 296. The van der Waals surface area contributed by atoms with E-state index >= 15 is 0 Å². The summed E-state index contributed by atoms with van der Waals surface area (Å²) in [5, 5.41) is 16.8. The van der Waals surface area contributed by atoms with Gasteiger partial charge in [0.25, 0.3) is 0 Å². The van der Waals surface area contributed by atoms with Crippen LogP contribution in [0.3, 0.4) is 0 Å². The number of hydrogen-bond donors (Lipinski definition) is 2. The van der Waals surface area contributed by atoms with Crippen LogP contribution in [0.5, 0.6) is 11.6 Å². The lowest BCUT2D eigenvalue weighted by atomic mass is 10.2. The zero-order valence-corrected chi connectivity index (χ0v) is 6.77. The molecule has 1 heterocycles. The quantitative estimate of drug-likeness (QED) is 0.628. The van der Waals surface area contributed by atoms with Crippen LogP contribution in [0.25, 0.3) is 0 Å². The van der Waals surface area contributed by atoms with E-state index in [0.29, 0.717) is 0 Å². The summed E-state index contributed by atoms with van der Waals surface area (Å²) in [4.78, 5) is 3.51. The maximum Gasteiger partial charge on any atom is 0.707 e. The topological polar surface area (TPSA) is 71.8 Å². The number of halogens is 1. The van der Waals surface area contributed by atoms with Gasteiger partial charge in [0.1, 0.15) is 5.75 Å². The molecule has 0 saturated carbocycles. The van der Waals surface area contributed by atoms with Gasteiger partial charge in [0.15, 0.2) is 5.82 Å². The second-order valence-electron chi connectivity index (χ2n) is 2.11. The number of hydrogen-bond acceptors (Lipinski definition) is 5. The van der Waals surface area contributed by atoms with E-state index in [2.05, 4.69) is 14.4 Å². The highest BCUT2D eigenvalue weighted by molar-refractivity contribution is 6.33. The van der Waals surface area contributed by atoms with Gasteiger partial charge in [-0.3, -0.25) is 0 Å². The molecule has 0 amide bonds. The Morgan fingerprint density at radius 2 is 2.23 bits per heavy atom. The van der Waals surface area contributed by atoms with Gasteiger partial charge in [0, 0.05) is 6.07 Å². The molecule has 0 aliphatic carbocycles.